The lowest BCUT2D eigenvalue weighted by atomic mass is 9.45. The number of rotatable bonds is 12. The summed E-state index contributed by atoms with van der Waals surface area (Å²) < 4.78 is 0. The fourth-order valence-electron chi connectivity index (χ4n) is 9.85. The fraction of sp³-hybridized carbons (Fsp3) is 0.914. The van der Waals surface area contributed by atoms with Crippen molar-refractivity contribution >= 4 is 5.71 Å². The van der Waals surface area contributed by atoms with E-state index in [2.05, 4.69) is 59.9 Å². The van der Waals surface area contributed by atoms with Crippen molar-refractivity contribution < 1.29 is 0 Å². The van der Waals surface area contributed by atoms with Gasteiger partial charge in [0.15, 0.2) is 0 Å². The molecule has 0 aromatic carbocycles. The number of hydrogen-bond acceptors (Lipinski definition) is 2. The minimum atomic E-state index is 0.351. The molecule has 2 heteroatoms. The van der Waals surface area contributed by atoms with Gasteiger partial charge in [-0.05, 0) is 110 Å². The molecule has 4 aliphatic rings. The molecule has 0 aliphatic heterocycles. The zero-order valence-electron chi connectivity index (χ0n) is 25.9. The fourth-order valence-corrected chi connectivity index (χ4v) is 9.85. The van der Waals surface area contributed by atoms with Gasteiger partial charge in [0.25, 0.3) is 0 Å². The summed E-state index contributed by atoms with van der Waals surface area (Å²) in [5.74, 6) is 6.30. The van der Waals surface area contributed by atoms with Gasteiger partial charge in [0.1, 0.15) is 0 Å². The van der Waals surface area contributed by atoms with Crippen LogP contribution in [0, 0.1) is 52.3 Å². The lowest BCUT2D eigenvalue weighted by molar-refractivity contribution is -0.0812. The van der Waals surface area contributed by atoms with Gasteiger partial charge in [-0.25, -0.2) is 0 Å². The molecule has 0 aromatic heterocycles. The van der Waals surface area contributed by atoms with Crippen molar-refractivity contribution in [1.82, 2.24) is 5.32 Å². The Hall–Kier alpha value is -0.790. The zero-order chi connectivity index (χ0) is 26.6. The second kappa shape index (κ2) is 12.6. The molecule has 2 nitrogen and oxygen atoms in total. The predicted molar refractivity (Wildman–Crippen MR) is 162 cm³/mol. The molecule has 0 spiro atoms. The first-order valence-electron chi connectivity index (χ1n) is 16.7. The van der Waals surface area contributed by atoms with Gasteiger partial charge in [-0.3, -0.25) is 4.99 Å². The van der Waals surface area contributed by atoms with Crippen LogP contribution in [0.5, 0.6) is 0 Å². The van der Waals surface area contributed by atoms with E-state index in [4.69, 9.17) is 4.99 Å². The molecular formula is C35H62N2. The Morgan fingerprint density at radius 3 is 2.43 bits per heavy atom. The quantitative estimate of drug-likeness (QED) is 0.259. The van der Waals surface area contributed by atoms with Crippen LogP contribution in [0.2, 0.25) is 0 Å². The third kappa shape index (κ3) is 6.04. The summed E-state index contributed by atoms with van der Waals surface area (Å²) >= 11 is 0. The SMILES string of the molecule is CCCCN=C1C[C@@H]2CC[C@@H]3[C@H](CC[C@]4(C)[C@@H]([C@H](C)CCCC(C)C)CC[C@@H]34)[C@@]2(C)C=C1NCCCC. The molecule has 212 valence electrons. The van der Waals surface area contributed by atoms with Gasteiger partial charge in [0.05, 0.1) is 11.4 Å². The van der Waals surface area contributed by atoms with Crippen LogP contribution in [-0.2, 0) is 0 Å². The van der Waals surface area contributed by atoms with Crippen LogP contribution in [0.1, 0.15) is 138 Å². The van der Waals surface area contributed by atoms with Gasteiger partial charge in [-0.1, -0.05) is 86.6 Å². The predicted octanol–water partition coefficient (Wildman–Crippen LogP) is 9.84. The Morgan fingerprint density at radius 1 is 0.919 bits per heavy atom. The zero-order valence-corrected chi connectivity index (χ0v) is 25.9. The number of hydrogen-bond donors (Lipinski definition) is 1. The summed E-state index contributed by atoms with van der Waals surface area (Å²) in [5, 5.41) is 3.89. The van der Waals surface area contributed by atoms with E-state index >= 15 is 0 Å². The summed E-state index contributed by atoms with van der Waals surface area (Å²) in [4.78, 5) is 5.17. The van der Waals surface area contributed by atoms with Crippen LogP contribution < -0.4 is 5.32 Å². The first-order valence-corrected chi connectivity index (χ1v) is 16.7. The van der Waals surface area contributed by atoms with E-state index in [-0.39, 0.29) is 0 Å². The maximum absolute atomic E-state index is 5.17. The van der Waals surface area contributed by atoms with Crippen molar-refractivity contribution in [2.75, 3.05) is 13.1 Å². The van der Waals surface area contributed by atoms with E-state index in [1.165, 1.54) is 101 Å². The van der Waals surface area contributed by atoms with Crippen LogP contribution in [0.15, 0.2) is 16.8 Å². The molecule has 3 fully saturated rings. The van der Waals surface area contributed by atoms with Crippen LogP contribution in [0.3, 0.4) is 0 Å². The van der Waals surface area contributed by atoms with Gasteiger partial charge in [-0.15, -0.1) is 0 Å². The van der Waals surface area contributed by atoms with E-state index < -0.39 is 0 Å². The summed E-state index contributed by atoms with van der Waals surface area (Å²) in [5.41, 5.74) is 3.76. The topological polar surface area (TPSA) is 24.4 Å². The van der Waals surface area contributed by atoms with Crippen molar-refractivity contribution in [2.45, 2.75) is 138 Å². The van der Waals surface area contributed by atoms with Crippen molar-refractivity contribution in [3.63, 3.8) is 0 Å². The van der Waals surface area contributed by atoms with Crippen molar-refractivity contribution in [3.05, 3.63) is 11.8 Å². The van der Waals surface area contributed by atoms with Crippen LogP contribution in [0.4, 0.5) is 0 Å². The summed E-state index contributed by atoms with van der Waals surface area (Å²) in [6, 6.07) is 0. The summed E-state index contributed by atoms with van der Waals surface area (Å²) in [6.07, 6.45) is 22.1. The van der Waals surface area contributed by atoms with Gasteiger partial charge in [0.2, 0.25) is 0 Å². The van der Waals surface area contributed by atoms with Crippen LogP contribution in [-0.4, -0.2) is 18.8 Å². The van der Waals surface area contributed by atoms with Gasteiger partial charge >= 0.3 is 0 Å². The maximum atomic E-state index is 5.17. The van der Waals surface area contributed by atoms with Gasteiger partial charge in [-0.2, -0.15) is 0 Å². The Kier molecular flexibility index (Phi) is 9.94. The number of unbranched alkanes of at least 4 members (excludes halogenated alkanes) is 2. The first kappa shape index (κ1) is 29.2. The van der Waals surface area contributed by atoms with Gasteiger partial charge in [0, 0.05) is 13.1 Å². The lowest BCUT2D eigenvalue weighted by Gasteiger charge is -2.60. The average molecular weight is 511 g/mol. The number of aliphatic imine (C=N–C) groups is 1. The largest absolute Gasteiger partial charge is 0.384 e. The van der Waals surface area contributed by atoms with Crippen molar-refractivity contribution in [2.24, 2.45) is 57.2 Å². The Labute approximate surface area is 231 Å². The average Bonchev–Trinajstić information content (AvgIpc) is 3.21. The lowest BCUT2D eigenvalue weighted by Crippen LogP contribution is -2.53. The highest BCUT2D eigenvalue weighted by atomic mass is 14.9. The van der Waals surface area contributed by atoms with Crippen LogP contribution >= 0.6 is 0 Å². The molecule has 4 aliphatic carbocycles. The van der Waals surface area contributed by atoms with E-state index in [1.807, 2.05) is 0 Å². The van der Waals surface area contributed by atoms with E-state index in [9.17, 15) is 0 Å². The normalized spacial score (nSPS) is 39.2. The monoisotopic (exact) mass is 510 g/mol. The molecule has 8 atom stereocenters. The molecule has 0 saturated heterocycles. The number of fused-ring (bicyclic) bond motifs is 5. The minimum absolute atomic E-state index is 0.351. The van der Waals surface area contributed by atoms with Crippen molar-refractivity contribution in [1.29, 1.82) is 0 Å². The molecule has 3 saturated carbocycles. The second-order valence-electron chi connectivity index (χ2n) is 14.8. The minimum Gasteiger partial charge on any atom is -0.384 e. The van der Waals surface area contributed by atoms with E-state index in [0.29, 0.717) is 10.8 Å². The third-order valence-electron chi connectivity index (χ3n) is 12.0. The summed E-state index contributed by atoms with van der Waals surface area (Å²) in [6.45, 7) is 19.5. The molecule has 0 amide bonds. The highest BCUT2D eigenvalue weighted by Gasteiger charge is 2.60. The van der Waals surface area contributed by atoms with Crippen molar-refractivity contribution in [3.8, 4) is 0 Å². The van der Waals surface area contributed by atoms with Gasteiger partial charge < -0.3 is 5.32 Å². The highest BCUT2D eigenvalue weighted by molar-refractivity contribution is 6.00. The Balaban J connectivity index is 1.52. The third-order valence-corrected chi connectivity index (χ3v) is 12.0. The Morgan fingerprint density at radius 2 is 1.70 bits per heavy atom. The molecule has 0 heterocycles. The Bertz CT molecular complexity index is 795. The second-order valence-corrected chi connectivity index (χ2v) is 14.8. The molecule has 0 radical (unpaired) electrons. The first-order chi connectivity index (χ1) is 17.7. The molecule has 0 aromatic rings. The molecule has 1 N–H and O–H groups in total. The van der Waals surface area contributed by atoms with Crippen LogP contribution in [0.25, 0.3) is 0 Å². The number of nitrogens with zero attached hydrogens (tertiary/aromatic N) is 1. The molecule has 0 bridgehead atoms. The summed E-state index contributed by atoms with van der Waals surface area (Å²) in [7, 11) is 0. The highest BCUT2D eigenvalue weighted by Crippen LogP contribution is 2.67. The molecule has 37 heavy (non-hydrogen) atoms. The molecular weight excluding hydrogens is 448 g/mol. The maximum Gasteiger partial charge on any atom is 0.0579 e. The van der Waals surface area contributed by atoms with E-state index in [1.54, 1.807) is 0 Å². The number of allylic oxidation sites excluding steroid dienone is 2. The number of nitrogens with one attached hydrogen (secondary N) is 1. The molecule has 4 rings (SSSR count). The standard InChI is InChI=1S/C35H62N2/c1-8-10-21-36-32-23-27-15-16-28-30-18-17-29(26(5)14-12-13-25(3)4)34(30,6)20-19-31(28)35(27,7)24-33(32)37-22-11-9-2/h24-31,37H,8-23H2,1-7H3/t26-,27+,28+,29-,30+,31+,34-,35+/m1/s1. The van der Waals surface area contributed by atoms with E-state index in [0.717, 1.165) is 54.5 Å². The molecule has 0 unspecified atom stereocenters. The smallest absolute Gasteiger partial charge is 0.0579 e.